The summed E-state index contributed by atoms with van der Waals surface area (Å²) in [6.45, 7) is 3.95. The molecule has 4 nitrogen and oxygen atoms in total. The van der Waals surface area contributed by atoms with E-state index in [0.29, 0.717) is 10.8 Å². The molecule has 3 N–H and O–H groups in total. The van der Waals surface area contributed by atoms with Gasteiger partial charge in [-0.2, -0.15) is 0 Å². The van der Waals surface area contributed by atoms with Gasteiger partial charge in [0, 0.05) is 11.8 Å². The van der Waals surface area contributed by atoms with Crippen LogP contribution in [0, 0.1) is 0 Å². The topological polar surface area (TPSA) is 58.6 Å². The molecule has 2 rings (SSSR count). The third-order valence-corrected chi connectivity index (χ3v) is 3.63. The minimum absolute atomic E-state index is 0.0901. The zero-order valence-corrected chi connectivity index (χ0v) is 12.8. The first-order chi connectivity index (χ1) is 10.1. The summed E-state index contributed by atoms with van der Waals surface area (Å²) in [6, 6.07) is 13.6. The Kier molecular flexibility index (Phi) is 5.31. The fraction of sp³-hybridized carbons (Fsp3) is 0.250. The van der Waals surface area contributed by atoms with Gasteiger partial charge in [-0.25, -0.2) is 4.98 Å². The van der Waals surface area contributed by atoms with Crippen LogP contribution in [0.2, 0.25) is 5.15 Å². The number of hydrogen-bond acceptors (Lipinski definition) is 2. The number of hydrogen-bond donors (Lipinski definition) is 2. The molecular formula is C16H19ClN3O+. The van der Waals surface area contributed by atoms with Crippen molar-refractivity contribution in [2.24, 2.45) is 0 Å². The van der Waals surface area contributed by atoms with E-state index in [9.17, 15) is 4.79 Å². The largest absolute Gasteiger partial charge is 0.330 e. The molecule has 1 amide bonds. The number of amides is 1. The van der Waals surface area contributed by atoms with Crippen LogP contribution in [-0.2, 0) is 4.79 Å². The number of halogens is 1. The van der Waals surface area contributed by atoms with Gasteiger partial charge in [-0.1, -0.05) is 41.9 Å². The van der Waals surface area contributed by atoms with E-state index in [1.54, 1.807) is 18.3 Å². The number of rotatable bonds is 5. The average molecular weight is 305 g/mol. The van der Waals surface area contributed by atoms with Gasteiger partial charge < -0.3 is 10.6 Å². The number of benzene rings is 1. The molecule has 0 unspecified atom stereocenters. The van der Waals surface area contributed by atoms with E-state index in [1.165, 1.54) is 5.56 Å². The van der Waals surface area contributed by atoms with Crippen molar-refractivity contribution >= 4 is 23.2 Å². The molecule has 0 aliphatic heterocycles. The first-order valence-corrected chi connectivity index (χ1v) is 7.27. The highest BCUT2D eigenvalue weighted by Crippen LogP contribution is 2.17. The SMILES string of the molecule is C[C@H]([NH2+][C@H](C)c1ccccc1)C(=O)Nc1cccnc1Cl. The highest BCUT2D eigenvalue weighted by atomic mass is 35.5. The van der Waals surface area contributed by atoms with Crippen LogP contribution in [0.5, 0.6) is 0 Å². The monoisotopic (exact) mass is 304 g/mol. The lowest BCUT2D eigenvalue weighted by Gasteiger charge is -2.17. The molecule has 2 aromatic rings. The predicted octanol–water partition coefficient (Wildman–Crippen LogP) is 2.39. The van der Waals surface area contributed by atoms with Crippen LogP contribution < -0.4 is 10.6 Å². The first-order valence-electron chi connectivity index (χ1n) is 6.89. The minimum Gasteiger partial charge on any atom is -0.330 e. The van der Waals surface area contributed by atoms with E-state index < -0.39 is 0 Å². The van der Waals surface area contributed by atoms with Crippen molar-refractivity contribution in [3.05, 3.63) is 59.4 Å². The second-order valence-corrected chi connectivity index (χ2v) is 5.37. The molecule has 1 aromatic carbocycles. The summed E-state index contributed by atoms with van der Waals surface area (Å²) >= 11 is 5.94. The number of anilines is 1. The maximum Gasteiger partial charge on any atom is 0.282 e. The number of carbonyl (C=O) groups is 1. The van der Waals surface area contributed by atoms with E-state index in [0.717, 1.165) is 0 Å². The summed E-state index contributed by atoms with van der Waals surface area (Å²) in [4.78, 5) is 16.1. The maximum atomic E-state index is 12.2. The van der Waals surface area contributed by atoms with Crippen molar-refractivity contribution in [1.29, 1.82) is 0 Å². The fourth-order valence-electron chi connectivity index (χ4n) is 2.11. The third kappa shape index (κ3) is 4.28. The Labute approximate surface area is 129 Å². The molecule has 0 aliphatic rings. The van der Waals surface area contributed by atoms with Crippen molar-refractivity contribution in [2.75, 3.05) is 5.32 Å². The van der Waals surface area contributed by atoms with Crippen molar-refractivity contribution in [3.8, 4) is 0 Å². The Morgan fingerprint density at radius 1 is 1.19 bits per heavy atom. The minimum atomic E-state index is -0.225. The van der Waals surface area contributed by atoms with Gasteiger partial charge in [0.2, 0.25) is 0 Å². The number of nitrogens with zero attached hydrogens (tertiary/aromatic N) is 1. The van der Waals surface area contributed by atoms with E-state index in [-0.39, 0.29) is 18.0 Å². The molecule has 2 atom stereocenters. The van der Waals surface area contributed by atoms with Gasteiger partial charge in [-0.3, -0.25) is 4.79 Å². The van der Waals surface area contributed by atoms with Crippen molar-refractivity contribution < 1.29 is 10.1 Å². The fourth-order valence-corrected chi connectivity index (χ4v) is 2.28. The smallest absolute Gasteiger partial charge is 0.282 e. The molecule has 1 heterocycles. The number of nitrogens with two attached hydrogens (primary N) is 1. The zero-order chi connectivity index (χ0) is 15.2. The van der Waals surface area contributed by atoms with E-state index in [2.05, 4.69) is 29.4 Å². The third-order valence-electron chi connectivity index (χ3n) is 3.33. The molecule has 0 radical (unpaired) electrons. The van der Waals surface area contributed by atoms with E-state index in [1.807, 2.05) is 30.4 Å². The number of nitrogens with one attached hydrogen (secondary N) is 1. The standard InChI is InChI=1S/C16H18ClN3O/c1-11(13-7-4-3-5-8-13)19-12(2)16(21)20-14-9-6-10-18-15(14)17/h3-12,19H,1-2H3,(H,20,21)/p+1/t11-,12+/m1/s1. The molecule has 21 heavy (non-hydrogen) atoms. The van der Waals surface area contributed by atoms with Gasteiger partial charge >= 0.3 is 0 Å². The predicted molar refractivity (Wildman–Crippen MR) is 84.1 cm³/mol. The molecule has 0 saturated heterocycles. The van der Waals surface area contributed by atoms with Gasteiger partial charge in [0.25, 0.3) is 5.91 Å². The van der Waals surface area contributed by atoms with Crippen LogP contribution in [0.25, 0.3) is 0 Å². The Balaban J connectivity index is 1.95. The van der Waals surface area contributed by atoms with Gasteiger partial charge in [-0.05, 0) is 26.0 Å². The Hall–Kier alpha value is -1.91. The van der Waals surface area contributed by atoms with Gasteiger partial charge in [0.1, 0.15) is 6.04 Å². The van der Waals surface area contributed by atoms with Crippen molar-refractivity contribution in [1.82, 2.24) is 4.98 Å². The van der Waals surface area contributed by atoms with Crippen LogP contribution in [0.3, 0.4) is 0 Å². The molecule has 1 aromatic heterocycles. The average Bonchev–Trinajstić information content (AvgIpc) is 2.50. The molecule has 5 heteroatoms. The molecule has 0 saturated carbocycles. The van der Waals surface area contributed by atoms with Crippen LogP contribution in [0.4, 0.5) is 5.69 Å². The highest BCUT2D eigenvalue weighted by molar-refractivity contribution is 6.32. The molecule has 0 aliphatic carbocycles. The summed E-state index contributed by atoms with van der Waals surface area (Å²) in [5.74, 6) is -0.0901. The van der Waals surface area contributed by atoms with Crippen LogP contribution in [0.1, 0.15) is 25.5 Å². The molecule has 0 fully saturated rings. The summed E-state index contributed by atoms with van der Waals surface area (Å²) < 4.78 is 0. The van der Waals surface area contributed by atoms with Gasteiger partial charge in [-0.15, -0.1) is 0 Å². The zero-order valence-electron chi connectivity index (χ0n) is 12.1. The summed E-state index contributed by atoms with van der Waals surface area (Å²) in [5, 5.41) is 5.13. The lowest BCUT2D eigenvalue weighted by atomic mass is 10.1. The molecular weight excluding hydrogens is 286 g/mol. The van der Waals surface area contributed by atoms with Crippen LogP contribution in [0.15, 0.2) is 48.7 Å². The second kappa shape index (κ2) is 7.20. The summed E-state index contributed by atoms with van der Waals surface area (Å²) in [5.41, 5.74) is 1.73. The van der Waals surface area contributed by atoms with Gasteiger partial charge in [0.15, 0.2) is 11.2 Å². The first kappa shape index (κ1) is 15.5. The lowest BCUT2D eigenvalue weighted by Crippen LogP contribution is -2.91. The number of pyridine rings is 1. The Bertz CT molecular complexity index is 603. The molecule has 0 spiro atoms. The molecule has 0 bridgehead atoms. The number of carbonyl (C=O) groups excluding carboxylic acids is 1. The van der Waals surface area contributed by atoms with Crippen molar-refractivity contribution in [3.63, 3.8) is 0 Å². The summed E-state index contributed by atoms with van der Waals surface area (Å²) in [7, 11) is 0. The Morgan fingerprint density at radius 2 is 1.90 bits per heavy atom. The molecule has 110 valence electrons. The number of aromatic nitrogens is 1. The van der Waals surface area contributed by atoms with Crippen LogP contribution in [-0.4, -0.2) is 16.9 Å². The van der Waals surface area contributed by atoms with E-state index in [4.69, 9.17) is 11.6 Å². The number of quaternary nitrogens is 1. The lowest BCUT2D eigenvalue weighted by molar-refractivity contribution is -0.709. The maximum absolute atomic E-state index is 12.2. The normalized spacial score (nSPS) is 13.5. The second-order valence-electron chi connectivity index (χ2n) is 5.01. The van der Waals surface area contributed by atoms with Crippen molar-refractivity contribution in [2.45, 2.75) is 25.9 Å². The quantitative estimate of drug-likeness (QED) is 0.833. The van der Waals surface area contributed by atoms with Gasteiger partial charge in [0.05, 0.1) is 5.69 Å². The van der Waals surface area contributed by atoms with E-state index >= 15 is 0 Å². The Morgan fingerprint density at radius 3 is 2.57 bits per heavy atom. The van der Waals surface area contributed by atoms with Crippen LogP contribution >= 0.6 is 11.6 Å². The highest BCUT2D eigenvalue weighted by Gasteiger charge is 2.20. The summed E-state index contributed by atoms with van der Waals surface area (Å²) in [6.07, 6.45) is 1.59.